The van der Waals surface area contributed by atoms with Gasteiger partial charge in [-0.2, -0.15) is 5.10 Å². The minimum Gasteiger partial charge on any atom is -0.350 e. The van der Waals surface area contributed by atoms with Gasteiger partial charge in [-0.15, -0.1) is 0 Å². The Labute approximate surface area is 154 Å². The summed E-state index contributed by atoms with van der Waals surface area (Å²) in [6.07, 6.45) is 0. The molecule has 0 fully saturated rings. The lowest BCUT2D eigenvalue weighted by Gasteiger charge is -2.20. The number of carbonyl (C=O) groups excluding carboxylic acids is 1. The van der Waals surface area contributed by atoms with Crippen LogP contribution in [-0.4, -0.2) is 29.6 Å². The first-order valence-electron chi connectivity index (χ1n) is 8.38. The Morgan fingerprint density at radius 2 is 1.77 bits per heavy atom. The number of nitrogens with zero attached hydrogens (tertiary/aromatic N) is 2. The Morgan fingerprint density at radius 1 is 1.15 bits per heavy atom. The molecule has 8 heteroatoms. The first kappa shape index (κ1) is 20.1. The zero-order valence-electron chi connectivity index (χ0n) is 15.8. The SMILES string of the molecule is Cc1nn(CC(=O)NCc2ccccc2)c(C)c1S(=O)(=O)NC(C)(C)C. The van der Waals surface area contributed by atoms with Crippen molar-refractivity contribution in [2.45, 2.75) is 58.1 Å². The van der Waals surface area contributed by atoms with Gasteiger partial charge in [-0.3, -0.25) is 9.48 Å². The number of benzene rings is 1. The fraction of sp³-hybridized carbons (Fsp3) is 0.444. The topological polar surface area (TPSA) is 93.1 Å². The van der Waals surface area contributed by atoms with E-state index in [4.69, 9.17) is 0 Å². The minimum absolute atomic E-state index is 0.0372. The highest BCUT2D eigenvalue weighted by Gasteiger charge is 2.28. The molecule has 0 unspecified atom stereocenters. The van der Waals surface area contributed by atoms with Gasteiger partial charge in [0.25, 0.3) is 0 Å². The van der Waals surface area contributed by atoms with Gasteiger partial charge >= 0.3 is 0 Å². The highest BCUT2D eigenvalue weighted by atomic mass is 32.2. The molecule has 2 N–H and O–H groups in total. The zero-order valence-corrected chi connectivity index (χ0v) is 16.6. The third-order valence-corrected chi connectivity index (χ3v) is 5.66. The maximum Gasteiger partial charge on any atom is 0.244 e. The molecule has 0 saturated heterocycles. The van der Waals surface area contributed by atoms with Crippen molar-refractivity contribution in [3.8, 4) is 0 Å². The van der Waals surface area contributed by atoms with Gasteiger partial charge in [0.15, 0.2) is 0 Å². The number of amides is 1. The van der Waals surface area contributed by atoms with Crippen LogP contribution in [0.5, 0.6) is 0 Å². The van der Waals surface area contributed by atoms with Crippen LogP contribution in [0.3, 0.4) is 0 Å². The molecule has 0 aliphatic rings. The Balaban J connectivity index is 2.13. The van der Waals surface area contributed by atoms with Crippen LogP contribution in [-0.2, 0) is 27.9 Å². The van der Waals surface area contributed by atoms with Gasteiger partial charge in [0, 0.05) is 12.1 Å². The van der Waals surface area contributed by atoms with E-state index in [2.05, 4.69) is 15.1 Å². The maximum atomic E-state index is 12.6. The van der Waals surface area contributed by atoms with E-state index in [1.54, 1.807) is 34.6 Å². The molecule has 1 heterocycles. The van der Waals surface area contributed by atoms with Gasteiger partial charge in [-0.05, 0) is 40.2 Å². The molecule has 26 heavy (non-hydrogen) atoms. The van der Waals surface area contributed by atoms with Crippen LogP contribution in [0, 0.1) is 13.8 Å². The number of hydrogen-bond donors (Lipinski definition) is 2. The van der Waals surface area contributed by atoms with Crippen molar-refractivity contribution in [1.29, 1.82) is 0 Å². The van der Waals surface area contributed by atoms with Crippen LogP contribution in [0.15, 0.2) is 35.2 Å². The van der Waals surface area contributed by atoms with Crippen LogP contribution in [0.1, 0.15) is 37.7 Å². The largest absolute Gasteiger partial charge is 0.350 e. The molecule has 2 aromatic rings. The van der Waals surface area contributed by atoms with E-state index in [0.717, 1.165) is 5.56 Å². The van der Waals surface area contributed by atoms with Gasteiger partial charge in [0.05, 0.1) is 11.4 Å². The third kappa shape index (κ3) is 5.15. The van der Waals surface area contributed by atoms with Gasteiger partial charge < -0.3 is 5.32 Å². The van der Waals surface area contributed by atoms with E-state index in [1.165, 1.54) is 4.68 Å². The number of sulfonamides is 1. The molecule has 0 bridgehead atoms. The lowest BCUT2D eigenvalue weighted by Crippen LogP contribution is -2.40. The van der Waals surface area contributed by atoms with Crippen molar-refractivity contribution < 1.29 is 13.2 Å². The number of nitrogens with one attached hydrogen (secondary N) is 2. The van der Waals surface area contributed by atoms with Crippen LogP contribution >= 0.6 is 0 Å². The summed E-state index contributed by atoms with van der Waals surface area (Å²) in [6.45, 7) is 8.98. The van der Waals surface area contributed by atoms with Gasteiger partial charge in [-0.1, -0.05) is 30.3 Å². The maximum absolute atomic E-state index is 12.6. The molecule has 0 spiro atoms. The number of hydrogen-bond acceptors (Lipinski definition) is 4. The van der Waals surface area contributed by atoms with Crippen molar-refractivity contribution in [1.82, 2.24) is 19.8 Å². The summed E-state index contributed by atoms with van der Waals surface area (Å²) in [4.78, 5) is 12.3. The minimum atomic E-state index is -3.71. The molecule has 142 valence electrons. The average molecular weight is 378 g/mol. The van der Waals surface area contributed by atoms with Gasteiger partial charge in [0.2, 0.25) is 15.9 Å². The fourth-order valence-electron chi connectivity index (χ4n) is 2.67. The molecular weight excluding hydrogens is 352 g/mol. The highest BCUT2D eigenvalue weighted by molar-refractivity contribution is 7.89. The number of rotatable bonds is 6. The molecule has 0 radical (unpaired) electrons. The van der Waals surface area contributed by atoms with E-state index >= 15 is 0 Å². The lowest BCUT2D eigenvalue weighted by molar-refractivity contribution is -0.122. The van der Waals surface area contributed by atoms with E-state index in [1.807, 2.05) is 30.3 Å². The Hall–Kier alpha value is -2.19. The molecule has 7 nitrogen and oxygen atoms in total. The summed E-state index contributed by atoms with van der Waals surface area (Å²) in [6, 6.07) is 9.57. The number of aromatic nitrogens is 2. The second-order valence-corrected chi connectivity index (χ2v) is 8.89. The van der Waals surface area contributed by atoms with Crippen LogP contribution in [0.2, 0.25) is 0 Å². The van der Waals surface area contributed by atoms with Crippen LogP contribution in [0.4, 0.5) is 0 Å². The van der Waals surface area contributed by atoms with Crippen molar-refractivity contribution in [3.63, 3.8) is 0 Å². The molecule has 1 aromatic carbocycles. The predicted octanol–water partition coefficient (Wildman–Crippen LogP) is 1.89. The van der Waals surface area contributed by atoms with Crippen molar-refractivity contribution in [2.75, 3.05) is 0 Å². The van der Waals surface area contributed by atoms with Crippen LogP contribution < -0.4 is 10.0 Å². The number of carbonyl (C=O) groups is 1. The third-order valence-electron chi connectivity index (χ3n) is 3.65. The zero-order chi connectivity index (χ0) is 19.5. The molecule has 0 atom stereocenters. The summed E-state index contributed by atoms with van der Waals surface area (Å²) in [5, 5.41) is 7.05. The molecule has 1 amide bonds. The molecule has 2 rings (SSSR count). The standard InChI is InChI=1S/C18H26N4O3S/c1-13-17(26(24,25)21-18(3,4)5)14(2)22(20-13)12-16(23)19-11-15-9-7-6-8-10-15/h6-10,21H,11-12H2,1-5H3,(H,19,23). The summed E-state index contributed by atoms with van der Waals surface area (Å²) in [5.41, 5.74) is 1.20. The first-order valence-corrected chi connectivity index (χ1v) is 9.86. The van der Waals surface area contributed by atoms with Crippen molar-refractivity contribution in [3.05, 3.63) is 47.3 Å². The predicted molar refractivity (Wildman–Crippen MR) is 100 cm³/mol. The first-order chi connectivity index (χ1) is 12.0. The summed E-state index contributed by atoms with van der Waals surface area (Å²) in [7, 11) is -3.71. The monoisotopic (exact) mass is 378 g/mol. The van der Waals surface area contributed by atoms with Crippen molar-refractivity contribution in [2.24, 2.45) is 0 Å². The van der Waals surface area contributed by atoms with Crippen molar-refractivity contribution >= 4 is 15.9 Å². The molecule has 0 aliphatic heterocycles. The second kappa shape index (κ2) is 7.59. The second-order valence-electron chi connectivity index (χ2n) is 7.28. The average Bonchev–Trinajstić information content (AvgIpc) is 2.78. The Bertz CT molecular complexity index is 881. The van der Waals surface area contributed by atoms with Gasteiger partial charge in [-0.25, -0.2) is 13.1 Å². The smallest absolute Gasteiger partial charge is 0.244 e. The lowest BCUT2D eigenvalue weighted by atomic mass is 10.1. The van der Waals surface area contributed by atoms with E-state index in [9.17, 15) is 13.2 Å². The quantitative estimate of drug-likeness (QED) is 0.803. The number of aryl methyl sites for hydroxylation is 1. The normalized spacial score (nSPS) is 12.2. The van der Waals surface area contributed by atoms with E-state index < -0.39 is 15.6 Å². The molecule has 0 aliphatic carbocycles. The Morgan fingerprint density at radius 3 is 2.35 bits per heavy atom. The molecule has 1 aromatic heterocycles. The van der Waals surface area contributed by atoms with Crippen LogP contribution in [0.25, 0.3) is 0 Å². The summed E-state index contributed by atoms with van der Waals surface area (Å²) < 4.78 is 29.3. The fourth-order valence-corrected chi connectivity index (χ4v) is 4.50. The molecule has 0 saturated carbocycles. The Kier molecular flexibility index (Phi) is 5.87. The van der Waals surface area contributed by atoms with E-state index in [0.29, 0.717) is 17.9 Å². The summed E-state index contributed by atoms with van der Waals surface area (Å²) >= 11 is 0. The summed E-state index contributed by atoms with van der Waals surface area (Å²) in [5.74, 6) is -0.229. The van der Waals surface area contributed by atoms with Gasteiger partial charge in [0.1, 0.15) is 11.4 Å². The van der Waals surface area contributed by atoms with E-state index in [-0.39, 0.29) is 17.3 Å². The highest BCUT2D eigenvalue weighted by Crippen LogP contribution is 2.21. The molecular formula is C18H26N4O3S.